The number of fused-ring (bicyclic) bond motifs is 1. The molecule has 1 aromatic heterocycles. The Hall–Kier alpha value is -3.13. The molecule has 0 aliphatic carbocycles. The lowest BCUT2D eigenvalue weighted by atomic mass is 10.3. The molecule has 25 heavy (non-hydrogen) atoms. The Morgan fingerprint density at radius 2 is 1.92 bits per heavy atom. The van der Waals surface area contributed by atoms with Gasteiger partial charge in [-0.05, 0) is 36.5 Å². The van der Waals surface area contributed by atoms with Gasteiger partial charge in [0.25, 0.3) is 0 Å². The van der Waals surface area contributed by atoms with Crippen LogP contribution in [0.2, 0.25) is 0 Å². The Morgan fingerprint density at radius 3 is 2.72 bits per heavy atom. The molecule has 3 aromatic rings. The number of amides is 1. The number of rotatable bonds is 4. The topological polar surface area (TPSA) is 91.1 Å². The summed E-state index contributed by atoms with van der Waals surface area (Å²) in [7, 11) is 1.58. The molecule has 4 N–H and O–H groups in total. The van der Waals surface area contributed by atoms with Crippen LogP contribution in [-0.4, -0.2) is 28.1 Å². The van der Waals surface area contributed by atoms with Crippen molar-refractivity contribution in [2.75, 3.05) is 12.4 Å². The number of hydrazine groups is 1. The summed E-state index contributed by atoms with van der Waals surface area (Å²) in [5.41, 5.74) is 7.62. The van der Waals surface area contributed by atoms with Gasteiger partial charge >= 0.3 is 0 Å². The Balaban J connectivity index is 1.52. The number of nitrogens with one attached hydrogen (secondary N) is 4. The number of hydrogen-bond donors (Lipinski definition) is 4. The summed E-state index contributed by atoms with van der Waals surface area (Å²) in [5.74, 6) is 0.979. The lowest BCUT2D eigenvalue weighted by Gasteiger charge is -2.13. The Labute approximate surface area is 149 Å². The van der Waals surface area contributed by atoms with Crippen molar-refractivity contribution in [2.45, 2.75) is 6.42 Å². The first-order valence-electron chi connectivity index (χ1n) is 7.58. The SMILES string of the molecule is COc1ccccc1NC(=S)NNC(=O)Cc1nc2ccccc2[nH]1. The molecule has 0 saturated heterocycles. The van der Waals surface area contributed by atoms with Gasteiger partial charge < -0.3 is 15.0 Å². The largest absolute Gasteiger partial charge is 0.495 e. The van der Waals surface area contributed by atoms with Gasteiger partial charge in [0.05, 0.1) is 30.3 Å². The number of imidazole rings is 1. The van der Waals surface area contributed by atoms with Crippen LogP contribution in [0.4, 0.5) is 5.69 Å². The fourth-order valence-electron chi connectivity index (χ4n) is 2.31. The number of carbonyl (C=O) groups is 1. The zero-order valence-electron chi connectivity index (χ0n) is 13.5. The van der Waals surface area contributed by atoms with Crippen LogP contribution < -0.4 is 20.9 Å². The van der Waals surface area contributed by atoms with Crippen molar-refractivity contribution in [2.24, 2.45) is 0 Å². The molecule has 0 bridgehead atoms. The normalized spacial score (nSPS) is 10.3. The lowest BCUT2D eigenvalue weighted by Crippen LogP contribution is -2.44. The van der Waals surface area contributed by atoms with E-state index in [2.05, 4.69) is 26.1 Å². The predicted octanol–water partition coefficient (Wildman–Crippen LogP) is 2.13. The summed E-state index contributed by atoms with van der Waals surface area (Å²) >= 11 is 5.16. The molecular weight excluding hydrogens is 338 g/mol. The van der Waals surface area contributed by atoms with Crippen LogP contribution in [-0.2, 0) is 11.2 Å². The van der Waals surface area contributed by atoms with Gasteiger partial charge in [0.1, 0.15) is 11.6 Å². The molecule has 0 aliphatic heterocycles. The van der Waals surface area contributed by atoms with E-state index in [1.54, 1.807) is 7.11 Å². The third-order valence-electron chi connectivity index (χ3n) is 3.44. The second-order valence-corrected chi connectivity index (χ2v) is 5.61. The van der Waals surface area contributed by atoms with E-state index in [1.807, 2.05) is 48.5 Å². The zero-order chi connectivity index (χ0) is 17.6. The number of hydrogen-bond acceptors (Lipinski definition) is 4. The van der Waals surface area contributed by atoms with Gasteiger partial charge in [-0.15, -0.1) is 0 Å². The highest BCUT2D eigenvalue weighted by molar-refractivity contribution is 7.80. The van der Waals surface area contributed by atoms with Crippen LogP contribution in [0.25, 0.3) is 11.0 Å². The minimum atomic E-state index is -0.261. The van der Waals surface area contributed by atoms with E-state index in [0.717, 1.165) is 11.0 Å². The maximum absolute atomic E-state index is 12.0. The monoisotopic (exact) mass is 355 g/mol. The number of H-pyrrole nitrogens is 1. The summed E-state index contributed by atoms with van der Waals surface area (Å²) in [4.78, 5) is 19.5. The highest BCUT2D eigenvalue weighted by atomic mass is 32.1. The molecule has 3 rings (SSSR count). The number of carbonyl (C=O) groups excluding carboxylic acids is 1. The molecule has 0 saturated carbocycles. The van der Waals surface area contributed by atoms with E-state index in [1.165, 1.54) is 0 Å². The number of ether oxygens (including phenoxy) is 1. The van der Waals surface area contributed by atoms with E-state index < -0.39 is 0 Å². The van der Waals surface area contributed by atoms with Crippen molar-refractivity contribution < 1.29 is 9.53 Å². The fourth-order valence-corrected chi connectivity index (χ4v) is 2.47. The standard InChI is InChI=1S/C17H17N5O2S/c1-24-14-9-5-4-8-13(14)20-17(25)22-21-16(23)10-15-18-11-6-2-3-7-12(11)19-15/h2-9H,10H2,1H3,(H,18,19)(H,21,23)(H2,20,22,25). The van der Waals surface area contributed by atoms with Gasteiger partial charge in [0.15, 0.2) is 5.11 Å². The first-order valence-corrected chi connectivity index (χ1v) is 7.99. The van der Waals surface area contributed by atoms with Crippen molar-refractivity contribution >= 4 is 40.0 Å². The number of benzene rings is 2. The minimum absolute atomic E-state index is 0.110. The van der Waals surface area contributed by atoms with Crippen LogP contribution in [0.3, 0.4) is 0 Å². The number of methoxy groups -OCH3 is 1. The summed E-state index contributed by atoms with van der Waals surface area (Å²) in [6.45, 7) is 0. The van der Waals surface area contributed by atoms with E-state index in [9.17, 15) is 4.79 Å². The van der Waals surface area contributed by atoms with Crippen molar-refractivity contribution in [3.05, 3.63) is 54.4 Å². The van der Waals surface area contributed by atoms with Gasteiger partial charge in [-0.1, -0.05) is 24.3 Å². The Kier molecular flexibility index (Phi) is 5.10. The summed E-state index contributed by atoms with van der Waals surface area (Å²) in [6.07, 6.45) is 0.110. The Bertz CT molecular complexity index is 876. The fraction of sp³-hybridized carbons (Fsp3) is 0.118. The number of nitrogens with zero attached hydrogens (tertiary/aromatic N) is 1. The predicted molar refractivity (Wildman–Crippen MR) is 100 cm³/mol. The second-order valence-electron chi connectivity index (χ2n) is 5.21. The molecule has 1 amide bonds. The molecule has 8 heteroatoms. The molecule has 2 aromatic carbocycles. The lowest BCUT2D eigenvalue weighted by molar-refractivity contribution is -0.121. The van der Waals surface area contributed by atoms with Crippen LogP contribution in [0.5, 0.6) is 5.75 Å². The summed E-state index contributed by atoms with van der Waals surface area (Å²) in [5, 5.41) is 3.21. The highest BCUT2D eigenvalue weighted by Crippen LogP contribution is 2.22. The van der Waals surface area contributed by atoms with Gasteiger partial charge in [0, 0.05) is 0 Å². The average Bonchev–Trinajstić information content (AvgIpc) is 3.02. The van der Waals surface area contributed by atoms with Gasteiger partial charge in [0.2, 0.25) is 5.91 Å². The molecule has 1 heterocycles. The Morgan fingerprint density at radius 1 is 1.16 bits per heavy atom. The molecular formula is C17H17N5O2S. The summed E-state index contributed by atoms with van der Waals surface area (Å²) in [6, 6.07) is 15.0. The molecule has 0 unspecified atom stereocenters. The molecule has 0 atom stereocenters. The highest BCUT2D eigenvalue weighted by Gasteiger charge is 2.09. The molecule has 0 fully saturated rings. The molecule has 0 aliphatic rings. The van der Waals surface area contributed by atoms with Crippen molar-refractivity contribution in [1.29, 1.82) is 0 Å². The maximum atomic E-state index is 12.0. The van der Waals surface area contributed by atoms with Gasteiger partial charge in [-0.3, -0.25) is 15.6 Å². The van der Waals surface area contributed by atoms with E-state index in [0.29, 0.717) is 17.3 Å². The van der Waals surface area contributed by atoms with Gasteiger partial charge in [-0.25, -0.2) is 4.98 Å². The molecule has 0 spiro atoms. The summed E-state index contributed by atoms with van der Waals surface area (Å²) < 4.78 is 5.23. The minimum Gasteiger partial charge on any atom is -0.495 e. The van der Waals surface area contributed by atoms with Crippen LogP contribution in [0.1, 0.15) is 5.82 Å². The average molecular weight is 355 g/mol. The van der Waals surface area contributed by atoms with Crippen LogP contribution >= 0.6 is 12.2 Å². The maximum Gasteiger partial charge on any atom is 0.245 e. The van der Waals surface area contributed by atoms with Crippen LogP contribution in [0, 0.1) is 0 Å². The van der Waals surface area contributed by atoms with Crippen molar-refractivity contribution in [1.82, 2.24) is 20.8 Å². The molecule has 128 valence electrons. The molecule has 0 radical (unpaired) electrons. The number of para-hydroxylation sites is 4. The number of aromatic amines is 1. The molecule has 7 nitrogen and oxygen atoms in total. The van der Waals surface area contributed by atoms with E-state index in [-0.39, 0.29) is 17.4 Å². The van der Waals surface area contributed by atoms with E-state index in [4.69, 9.17) is 17.0 Å². The van der Waals surface area contributed by atoms with Crippen molar-refractivity contribution in [3.63, 3.8) is 0 Å². The van der Waals surface area contributed by atoms with Crippen molar-refractivity contribution in [3.8, 4) is 5.75 Å². The third kappa shape index (κ3) is 4.24. The van der Waals surface area contributed by atoms with Gasteiger partial charge in [-0.2, -0.15) is 0 Å². The quantitative estimate of drug-likeness (QED) is 0.423. The first kappa shape index (κ1) is 16.7. The number of anilines is 1. The second kappa shape index (κ2) is 7.63. The number of aromatic nitrogens is 2. The van der Waals surface area contributed by atoms with Crippen LogP contribution in [0.15, 0.2) is 48.5 Å². The third-order valence-corrected chi connectivity index (χ3v) is 3.64. The smallest absolute Gasteiger partial charge is 0.245 e. The zero-order valence-corrected chi connectivity index (χ0v) is 14.3. The number of thiocarbonyl (C=S) groups is 1. The first-order chi connectivity index (χ1) is 12.2. The van der Waals surface area contributed by atoms with E-state index >= 15 is 0 Å².